The van der Waals surface area contributed by atoms with Crippen LogP contribution in [0.2, 0.25) is 0 Å². The van der Waals surface area contributed by atoms with E-state index in [0.29, 0.717) is 0 Å². The Kier molecular flexibility index (Phi) is 2.15. The predicted molar refractivity (Wildman–Crippen MR) is 55.4 cm³/mol. The molecule has 0 fully saturated rings. The van der Waals surface area contributed by atoms with Gasteiger partial charge in [-0.3, -0.25) is 0 Å². The summed E-state index contributed by atoms with van der Waals surface area (Å²) in [6.07, 6.45) is 7.01. The van der Waals surface area contributed by atoms with Gasteiger partial charge < -0.3 is 5.73 Å². The number of hydrogen-bond acceptors (Lipinski definition) is 3. The Balaban J connectivity index is 2.23. The molecule has 0 saturated heterocycles. The summed E-state index contributed by atoms with van der Waals surface area (Å²) in [5.74, 6) is 0. The molecular formula is C10H16N4. The lowest BCUT2D eigenvalue weighted by Gasteiger charge is -2.28. The second kappa shape index (κ2) is 3.20. The number of rotatable bonds is 1. The van der Waals surface area contributed by atoms with Crippen LogP contribution >= 0.6 is 0 Å². The van der Waals surface area contributed by atoms with Crippen LogP contribution in [0, 0.1) is 0 Å². The topological polar surface area (TPSA) is 56.7 Å². The van der Waals surface area contributed by atoms with Crippen molar-refractivity contribution >= 4 is 5.57 Å². The standard InChI is InChI=1S/C10H16N4/c1-10(11)5-3-8(4-6-10)9-7-12-13-14(9)2/h3,7H,4-6,11H2,1-2H3. The number of nitrogens with zero attached hydrogens (tertiary/aromatic N) is 3. The molecule has 1 atom stereocenters. The van der Waals surface area contributed by atoms with Gasteiger partial charge in [0.25, 0.3) is 0 Å². The van der Waals surface area contributed by atoms with Crippen molar-refractivity contribution in [3.8, 4) is 0 Å². The van der Waals surface area contributed by atoms with Crippen molar-refractivity contribution in [1.82, 2.24) is 15.0 Å². The Morgan fingerprint density at radius 3 is 2.86 bits per heavy atom. The Morgan fingerprint density at radius 2 is 2.36 bits per heavy atom. The molecule has 14 heavy (non-hydrogen) atoms. The lowest BCUT2D eigenvalue weighted by Crippen LogP contribution is -2.37. The summed E-state index contributed by atoms with van der Waals surface area (Å²) in [6.45, 7) is 2.10. The summed E-state index contributed by atoms with van der Waals surface area (Å²) in [4.78, 5) is 0. The first-order chi connectivity index (χ1) is 6.58. The zero-order valence-corrected chi connectivity index (χ0v) is 8.70. The second-order valence-electron chi connectivity index (χ2n) is 4.33. The third kappa shape index (κ3) is 1.70. The molecule has 1 aliphatic rings. The molecule has 2 N–H and O–H groups in total. The minimum Gasteiger partial charge on any atom is -0.325 e. The van der Waals surface area contributed by atoms with E-state index in [1.807, 2.05) is 17.9 Å². The van der Waals surface area contributed by atoms with E-state index in [2.05, 4.69) is 23.3 Å². The van der Waals surface area contributed by atoms with Crippen molar-refractivity contribution in [1.29, 1.82) is 0 Å². The molecule has 1 aromatic rings. The molecule has 0 aromatic carbocycles. The molecule has 0 saturated carbocycles. The smallest absolute Gasteiger partial charge is 0.0838 e. The summed E-state index contributed by atoms with van der Waals surface area (Å²) in [6, 6.07) is 0. The van der Waals surface area contributed by atoms with Crippen molar-refractivity contribution in [3.05, 3.63) is 18.0 Å². The van der Waals surface area contributed by atoms with Crippen molar-refractivity contribution in [2.24, 2.45) is 12.8 Å². The van der Waals surface area contributed by atoms with Crippen molar-refractivity contribution < 1.29 is 0 Å². The van der Waals surface area contributed by atoms with Gasteiger partial charge in [-0.25, -0.2) is 4.68 Å². The van der Waals surface area contributed by atoms with Gasteiger partial charge in [0.05, 0.1) is 11.9 Å². The monoisotopic (exact) mass is 192 g/mol. The van der Waals surface area contributed by atoms with Gasteiger partial charge in [0.1, 0.15) is 0 Å². The molecule has 1 aromatic heterocycles. The molecule has 1 aliphatic carbocycles. The minimum absolute atomic E-state index is 0.0322. The maximum absolute atomic E-state index is 6.05. The molecule has 0 bridgehead atoms. The predicted octanol–water partition coefficient (Wildman–Crippen LogP) is 1.10. The minimum atomic E-state index is -0.0322. The average Bonchev–Trinajstić information content (AvgIpc) is 2.52. The molecule has 4 heteroatoms. The Bertz CT molecular complexity index is 362. The Morgan fingerprint density at radius 1 is 1.57 bits per heavy atom. The Hall–Kier alpha value is -1.16. The molecule has 1 unspecified atom stereocenters. The maximum atomic E-state index is 6.05. The fourth-order valence-corrected chi connectivity index (χ4v) is 1.79. The van der Waals surface area contributed by atoms with Crippen LogP contribution in [-0.4, -0.2) is 20.5 Å². The SMILES string of the molecule is Cn1nncc1C1=CCC(C)(N)CC1. The summed E-state index contributed by atoms with van der Waals surface area (Å²) in [5, 5.41) is 7.80. The number of aryl methyl sites for hydroxylation is 1. The highest BCUT2D eigenvalue weighted by molar-refractivity contribution is 5.63. The number of aromatic nitrogens is 3. The van der Waals surface area contributed by atoms with Crippen LogP contribution in [0.15, 0.2) is 12.3 Å². The van der Waals surface area contributed by atoms with Crippen LogP contribution < -0.4 is 5.73 Å². The van der Waals surface area contributed by atoms with Gasteiger partial charge in [0.15, 0.2) is 0 Å². The largest absolute Gasteiger partial charge is 0.325 e. The van der Waals surface area contributed by atoms with E-state index in [4.69, 9.17) is 5.73 Å². The molecule has 0 radical (unpaired) electrons. The zero-order chi connectivity index (χ0) is 10.2. The van der Waals surface area contributed by atoms with Crippen LogP contribution in [0.3, 0.4) is 0 Å². The van der Waals surface area contributed by atoms with Gasteiger partial charge in [0.2, 0.25) is 0 Å². The van der Waals surface area contributed by atoms with E-state index in [-0.39, 0.29) is 5.54 Å². The van der Waals surface area contributed by atoms with Crippen LogP contribution in [0.4, 0.5) is 0 Å². The first-order valence-corrected chi connectivity index (χ1v) is 4.91. The molecule has 0 spiro atoms. The summed E-state index contributed by atoms with van der Waals surface area (Å²) in [7, 11) is 1.92. The van der Waals surface area contributed by atoms with Crippen LogP contribution in [0.5, 0.6) is 0 Å². The van der Waals surface area contributed by atoms with Gasteiger partial charge in [-0.2, -0.15) is 0 Å². The average molecular weight is 192 g/mol. The first kappa shape index (κ1) is 9.40. The van der Waals surface area contributed by atoms with E-state index in [1.165, 1.54) is 5.57 Å². The molecule has 76 valence electrons. The Labute approximate surface area is 83.8 Å². The summed E-state index contributed by atoms with van der Waals surface area (Å²) < 4.78 is 1.81. The van der Waals surface area contributed by atoms with Crippen molar-refractivity contribution in [3.63, 3.8) is 0 Å². The third-order valence-electron chi connectivity index (χ3n) is 2.82. The first-order valence-electron chi connectivity index (χ1n) is 4.91. The van der Waals surface area contributed by atoms with Crippen molar-refractivity contribution in [2.75, 3.05) is 0 Å². The molecular weight excluding hydrogens is 176 g/mol. The second-order valence-corrected chi connectivity index (χ2v) is 4.33. The van der Waals surface area contributed by atoms with E-state index in [1.54, 1.807) is 0 Å². The zero-order valence-electron chi connectivity index (χ0n) is 8.70. The lowest BCUT2D eigenvalue weighted by atomic mass is 9.84. The molecule has 0 amide bonds. The van der Waals surface area contributed by atoms with Crippen molar-refractivity contribution in [2.45, 2.75) is 31.7 Å². The van der Waals surface area contributed by atoms with Crippen LogP contribution in [0.1, 0.15) is 31.9 Å². The molecule has 4 nitrogen and oxygen atoms in total. The molecule has 2 rings (SSSR count). The number of nitrogens with two attached hydrogens (primary N) is 1. The van der Waals surface area contributed by atoms with Gasteiger partial charge in [0, 0.05) is 12.6 Å². The third-order valence-corrected chi connectivity index (χ3v) is 2.82. The van der Waals surface area contributed by atoms with Crippen LogP contribution in [0.25, 0.3) is 5.57 Å². The number of allylic oxidation sites excluding steroid dienone is 1. The maximum Gasteiger partial charge on any atom is 0.0838 e. The van der Waals surface area contributed by atoms with Gasteiger partial charge in [-0.1, -0.05) is 11.3 Å². The van der Waals surface area contributed by atoms with Gasteiger partial charge >= 0.3 is 0 Å². The normalized spacial score (nSPS) is 27.5. The highest BCUT2D eigenvalue weighted by Crippen LogP contribution is 2.30. The summed E-state index contributed by atoms with van der Waals surface area (Å²) in [5.41, 5.74) is 8.45. The van der Waals surface area contributed by atoms with Crippen LogP contribution in [-0.2, 0) is 7.05 Å². The highest BCUT2D eigenvalue weighted by Gasteiger charge is 2.23. The number of hydrogen-bond donors (Lipinski definition) is 1. The quantitative estimate of drug-likeness (QED) is 0.725. The fraction of sp³-hybridized carbons (Fsp3) is 0.600. The van der Waals surface area contributed by atoms with Gasteiger partial charge in [-0.15, -0.1) is 5.10 Å². The molecule has 1 heterocycles. The summed E-state index contributed by atoms with van der Waals surface area (Å²) >= 11 is 0. The highest BCUT2D eigenvalue weighted by atomic mass is 15.4. The molecule has 0 aliphatic heterocycles. The van der Waals surface area contributed by atoms with E-state index < -0.39 is 0 Å². The van der Waals surface area contributed by atoms with E-state index in [9.17, 15) is 0 Å². The fourth-order valence-electron chi connectivity index (χ4n) is 1.79. The van der Waals surface area contributed by atoms with Gasteiger partial charge in [-0.05, 0) is 31.8 Å². The van der Waals surface area contributed by atoms with E-state index >= 15 is 0 Å². The van der Waals surface area contributed by atoms with E-state index in [0.717, 1.165) is 25.0 Å². The lowest BCUT2D eigenvalue weighted by molar-refractivity contribution is 0.431.